The van der Waals surface area contributed by atoms with Crippen molar-refractivity contribution in [2.24, 2.45) is 0 Å². The number of aromatic nitrogens is 3. The van der Waals surface area contributed by atoms with Crippen LogP contribution in [0.25, 0.3) is 5.65 Å². The van der Waals surface area contributed by atoms with Gasteiger partial charge >= 0.3 is 6.18 Å². The summed E-state index contributed by atoms with van der Waals surface area (Å²) in [5.74, 6) is 0.897. The number of benzene rings is 1. The Bertz CT molecular complexity index is 1070. The summed E-state index contributed by atoms with van der Waals surface area (Å²) in [6.45, 7) is 0. The molecule has 0 spiro atoms. The zero-order valence-electron chi connectivity index (χ0n) is 14.7. The van der Waals surface area contributed by atoms with Crippen LogP contribution in [0.1, 0.15) is 23.9 Å². The minimum Gasteiger partial charge on any atom is -0.285 e. The summed E-state index contributed by atoms with van der Waals surface area (Å²) in [6, 6.07) is 8.46. The molecule has 0 unspecified atom stereocenters. The molecule has 0 saturated carbocycles. The van der Waals surface area contributed by atoms with Crippen molar-refractivity contribution in [2.45, 2.75) is 23.5 Å². The van der Waals surface area contributed by atoms with E-state index < -0.39 is 32.7 Å². The average molecular weight is 430 g/mol. The van der Waals surface area contributed by atoms with E-state index in [1.165, 1.54) is 17.8 Å². The third-order valence-electron chi connectivity index (χ3n) is 4.04. The number of rotatable bonds is 7. The van der Waals surface area contributed by atoms with Crippen LogP contribution in [0.4, 0.5) is 13.2 Å². The monoisotopic (exact) mass is 430 g/mol. The summed E-state index contributed by atoms with van der Waals surface area (Å²) < 4.78 is 69.5. The predicted octanol–water partition coefficient (Wildman–Crippen LogP) is 3.52. The third kappa shape index (κ3) is 4.31. The van der Waals surface area contributed by atoms with Crippen LogP contribution < -0.4 is 4.72 Å². The van der Waals surface area contributed by atoms with Gasteiger partial charge in [-0.1, -0.05) is 18.2 Å². The summed E-state index contributed by atoms with van der Waals surface area (Å²) in [5.41, 5.74) is -0.696. The third-order valence-corrected chi connectivity index (χ3v) is 6.22. The zero-order valence-corrected chi connectivity index (χ0v) is 16.4. The summed E-state index contributed by atoms with van der Waals surface area (Å²) in [4.78, 5) is -0.814. The molecule has 3 aromatic rings. The van der Waals surface area contributed by atoms with Gasteiger partial charge in [0.25, 0.3) is 0 Å². The van der Waals surface area contributed by atoms with E-state index in [-0.39, 0.29) is 0 Å². The molecule has 0 amide bonds. The maximum Gasteiger partial charge on any atom is 0.417 e. The Morgan fingerprint density at radius 1 is 1.14 bits per heavy atom. The highest BCUT2D eigenvalue weighted by atomic mass is 32.2. The van der Waals surface area contributed by atoms with Gasteiger partial charge < -0.3 is 0 Å². The Morgan fingerprint density at radius 3 is 2.57 bits per heavy atom. The van der Waals surface area contributed by atoms with Gasteiger partial charge in [0.2, 0.25) is 10.0 Å². The predicted molar refractivity (Wildman–Crippen MR) is 100 cm³/mol. The zero-order chi connectivity index (χ0) is 20.4. The van der Waals surface area contributed by atoms with Crippen LogP contribution >= 0.6 is 11.8 Å². The molecule has 0 saturated heterocycles. The second kappa shape index (κ2) is 8.10. The van der Waals surface area contributed by atoms with Gasteiger partial charge in [0.15, 0.2) is 11.5 Å². The van der Waals surface area contributed by atoms with E-state index >= 15 is 0 Å². The van der Waals surface area contributed by atoms with Crippen molar-refractivity contribution in [3.8, 4) is 0 Å². The van der Waals surface area contributed by atoms with Gasteiger partial charge in [0, 0.05) is 6.20 Å². The molecular weight excluding hydrogens is 413 g/mol. The average Bonchev–Trinajstić information content (AvgIpc) is 3.08. The topological polar surface area (TPSA) is 76.4 Å². The molecule has 0 aliphatic carbocycles. The van der Waals surface area contributed by atoms with Crippen molar-refractivity contribution in [2.75, 3.05) is 12.0 Å². The lowest BCUT2D eigenvalue weighted by Gasteiger charge is -2.19. The smallest absolute Gasteiger partial charge is 0.285 e. The molecule has 1 aromatic carbocycles. The summed E-state index contributed by atoms with van der Waals surface area (Å²) in [6.07, 6.45) is -0.924. The van der Waals surface area contributed by atoms with Crippen molar-refractivity contribution < 1.29 is 21.6 Å². The maximum atomic E-state index is 13.3. The van der Waals surface area contributed by atoms with Crippen LogP contribution in [0.5, 0.6) is 0 Å². The van der Waals surface area contributed by atoms with Crippen LogP contribution in [0.15, 0.2) is 53.6 Å². The highest BCUT2D eigenvalue weighted by Crippen LogP contribution is 2.34. The lowest BCUT2D eigenvalue weighted by atomic mass is 10.2. The summed E-state index contributed by atoms with van der Waals surface area (Å²) in [7, 11) is -4.46. The Balaban J connectivity index is 2.02. The number of nitrogens with one attached hydrogen (secondary N) is 1. The van der Waals surface area contributed by atoms with E-state index in [0.29, 0.717) is 23.6 Å². The Kier molecular flexibility index (Phi) is 5.96. The number of thioether (sulfide) groups is 1. The van der Waals surface area contributed by atoms with Crippen molar-refractivity contribution in [3.63, 3.8) is 0 Å². The molecule has 2 heterocycles. The van der Waals surface area contributed by atoms with E-state index in [4.69, 9.17) is 0 Å². The van der Waals surface area contributed by atoms with Gasteiger partial charge in [0.05, 0.1) is 16.5 Å². The van der Waals surface area contributed by atoms with Gasteiger partial charge in [-0.25, -0.2) is 13.1 Å². The number of pyridine rings is 1. The molecule has 0 aliphatic heterocycles. The molecule has 11 heteroatoms. The summed E-state index contributed by atoms with van der Waals surface area (Å²) >= 11 is 1.49. The fourth-order valence-corrected chi connectivity index (χ4v) is 4.69. The Labute approximate surface area is 164 Å². The van der Waals surface area contributed by atoms with Crippen molar-refractivity contribution in [1.29, 1.82) is 0 Å². The van der Waals surface area contributed by atoms with E-state index in [2.05, 4.69) is 14.9 Å². The SMILES string of the molecule is CSCC[C@@H](NS(=O)(=O)c1ccccc1C(F)(F)F)c1nnc2ccccn12. The van der Waals surface area contributed by atoms with Crippen LogP contribution in [0.2, 0.25) is 0 Å². The number of hydrogen-bond donors (Lipinski definition) is 1. The minimum absolute atomic E-state index is 0.317. The summed E-state index contributed by atoms with van der Waals surface area (Å²) in [5, 5.41) is 8.05. The minimum atomic E-state index is -4.79. The first kappa shape index (κ1) is 20.6. The highest BCUT2D eigenvalue weighted by molar-refractivity contribution is 7.98. The van der Waals surface area contributed by atoms with Crippen LogP contribution in [-0.2, 0) is 16.2 Å². The van der Waals surface area contributed by atoms with Gasteiger partial charge in [-0.3, -0.25) is 4.40 Å². The van der Waals surface area contributed by atoms with E-state index in [0.717, 1.165) is 18.2 Å². The normalized spacial score (nSPS) is 13.7. The number of halogens is 3. The molecule has 0 bridgehead atoms. The largest absolute Gasteiger partial charge is 0.417 e. The fourth-order valence-electron chi connectivity index (χ4n) is 2.76. The van der Waals surface area contributed by atoms with Crippen molar-refractivity contribution in [3.05, 3.63) is 60.0 Å². The molecule has 1 atom stereocenters. The van der Waals surface area contributed by atoms with Gasteiger partial charge in [-0.05, 0) is 42.7 Å². The number of alkyl halides is 3. The molecule has 6 nitrogen and oxygen atoms in total. The van der Waals surface area contributed by atoms with Crippen LogP contribution in [0, 0.1) is 0 Å². The molecule has 0 aliphatic rings. The van der Waals surface area contributed by atoms with E-state index in [9.17, 15) is 21.6 Å². The van der Waals surface area contributed by atoms with Gasteiger partial charge in [0.1, 0.15) is 0 Å². The van der Waals surface area contributed by atoms with Gasteiger partial charge in [-0.15, -0.1) is 10.2 Å². The Hall–Kier alpha value is -2.11. The standard InChI is InChI=1S/C17H17F3N4O2S2/c1-27-11-9-13(16-22-21-15-8-4-5-10-24(15)16)23-28(25,26)14-7-3-2-6-12(14)17(18,19)20/h2-8,10,13,23H,9,11H2,1H3/t13-/m1/s1. The fraction of sp³-hybridized carbons (Fsp3) is 0.294. The molecule has 2 aromatic heterocycles. The quantitative estimate of drug-likeness (QED) is 0.621. The van der Waals surface area contributed by atoms with E-state index in [1.54, 1.807) is 28.8 Å². The molecule has 0 radical (unpaired) electrons. The highest BCUT2D eigenvalue weighted by Gasteiger charge is 2.37. The number of sulfonamides is 1. The molecule has 28 heavy (non-hydrogen) atoms. The van der Waals surface area contributed by atoms with Crippen LogP contribution in [-0.4, -0.2) is 35.0 Å². The molecular formula is C17H17F3N4O2S2. The lowest BCUT2D eigenvalue weighted by Crippen LogP contribution is -2.32. The first-order chi connectivity index (χ1) is 13.2. The first-order valence-corrected chi connectivity index (χ1v) is 11.1. The van der Waals surface area contributed by atoms with Crippen molar-refractivity contribution >= 4 is 27.4 Å². The van der Waals surface area contributed by atoms with Gasteiger partial charge in [-0.2, -0.15) is 24.9 Å². The second-order valence-electron chi connectivity index (χ2n) is 5.94. The van der Waals surface area contributed by atoms with Crippen molar-refractivity contribution in [1.82, 2.24) is 19.3 Å². The molecule has 0 fully saturated rings. The molecule has 150 valence electrons. The van der Waals surface area contributed by atoms with E-state index in [1.807, 2.05) is 6.26 Å². The Morgan fingerprint density at radius 2 is 1.86 bits per heavy atom. The number of fused-ring (bicyclic) bond motifs is 1. The van der Waals surface area contributed by atoms with Crippen LogP contribution in [0.3, 0.4) is 0 Å². The molecule has 3 rings (SSSR count). The molecule has 1 N–H and O–H groups in total. The first-order valence-electron chi connectivity index (χ1n) is 8.21. The second-order valence-corrected chi connectivity index (χ2v) is 8.60. The number of hydrogen-bond acceptors (Lipinski definition) is 5. The number of nitrogens with zero attached hydrogens (tertiary/aromatic N) is 3. The maximum absolute atomic E-state index is 13.3. The lowest BCUT2D eigenvalue weighted by molar-refractivity contribution is -0.139.